The molecule has 1 N–H and O–H groups in total. The molecule has 20 heavy (non-hydrogen) atoms. The van der Waals surface area contributed by atoms with Gasteiger partial charge in [0.25, 0.3) is 0 Å². The van der Waals surface area contributed by atoms with Crippen molar-refractivity contribution in [3.8, 4) is 11.5 Å². The molecule has 4 heteroatoms. The summed E-state index contributed by atoms with van der Waals surface area (Å²) in [5, 5.41) is 9.64. The Morgan fingerprint density at radius 1 is 1.10 bits per heavy atom. The Labute approximate surface area is 121 Å². The van der Waals surface area contributed by atoms with Crippen LogP contribution < -0.4 is 9.47 Å². The van der Waals surface area contributed by atoms with Gasteiger partial charge >= 0.3 is 0 Å². The van der Waals surface area contributed by atoms with Crippen LogP contribution in [0.2, 0.25) is 0 Å². The van der Waals surface area contributed by atoms with E-state index >= 15 is 0 Å². The van der Waals surface area contributed by atoms with Crippen molar-refractivity contribution in [1.29, 1.82) is 0 Å². The second kappa shape index (κ2) is 7.53. The van der Waals surface area contributed by atoms with Crippen molar-refractivity contribution in [2.45, 2.75) is 13.2 Å². The lowest BCUT2D eigenvalue weighted by atomic mass is 10.2. The third kappa shape index (κ3) is 3.98. The van der Waals surface area contributed by atoms with Crippen LogP contribution in [0.15, 0.2) is 48.5 Å². The van der Waals surface area contributed by atoms with Crippen LogP contribution in [0.3, 0.4) is 0 Å². The fourth-order valence-corrected chi connectivity index (χ4v) is 1.68. The fraction of sp³-hybridized carbons (Fsp3) is 0.250. The molecule has 0 aromatic heterocycles. The highest BCUT2D eigenvalue weighted by atomic mass is 16.7. The highest BCUT2D eigenvalue weighted by Crippen LogP contribution is 2.25. The van der Waals surface area contributed by atoms with E-state index in [0.717, 1.165) is 5.56 Å². The molecule has 0 atom stereocenters. The standard InChI is InChI=1S/C16H18O4/c1-18-12-20-16-8-7-15(9-14(16)10-17)19-11-13-5-3-2-4-6-13/h2-9,17H,10-12H2,1H3/i10D2. The third-order valence-corrected chi connectivity index (χ3v) is 2.65. The van der Waals surface area contributed by atoms with Crippen LogP contribution in [0.1, 0.15) is 13.9 Å². The smallest absolute Gasteiger partial charge is 0.188 e. The summed E-state index contributed by atoms with van der Waals surface area (Å²) in [4.78, 5) is 0. The lowest BCUT2D eigenvalue weighted by Crippen LogP contribution is -2.02. The van der Waals surface area contributed by atoms with E-state index in [1.54, 1.807) is 12.1 Å². The molecule has 0 aliphatic rings. The van der Waals surface area contributed by atoms with Gasteiger partial charge in [0.05, 0.1) is 9.30 Å². The molecular weight excluding hydrogens is 256 g/mol. The van der Waals surface area contributed by atoms with Crippen LogP contribution in [0, 0.1) is 0 Å². The maximum Gasteiger partial charge on any atom is 0.188 e. The maximum atomic E-state index is 9.64. The van der Waals surface area contributed by atoms with Crippen molar-refractivity contribution >= 4 is 0 Å². The zero-order chi connectivity index (χ0) is 16.0. The fourth-order valence-electron chi connectivity index (χ4n) is 1.68. The van der Waals surface area contributed by atoms with Gasteiger partial charge < -0.3 is 19.3 Å². The average Bonchev–Trinajstić information content (AvgIpc) is 2.51. The third-order valence-electron chi connectivity index (χ3n) is 2.65. The van der Waals surface area contributed by atoms with Gasteiger partial charge in [-0.05, 0) is 23.8 Å². The van der Waals surface area contributed by atoms with Crippen molar-refractivity contribution in [2.24, 2.45) is 0 Å². The average molecular weight is 276 g/mol. The predicted molar refractivity (Wildman–Crippen MR) is 75.6 cm³/mol. The Morgan fingerprint density at radius 3 is 2.60 bits per heavy atom. The van der Waals surface area contributed by atoms with Crippen molar-refractivity contribution in [3.05, 3.63) is 59.7 Å². The van der Waals surface area contributed by atoms with E-state index in [1.165, 1.54) is 13.2 Å². The van der Waals surface area contributed by atoms with Gasteiger partial charge in [0.1, 0.15) is 18.1 Å². The SMILES string of the molecule is [2H]C([2H])(O)c1cc(OCc2ccccc2)ccc1OCOC. The highest BCUT2D eigenvalue weighted by Gasteiger charge is 2.05. The molecule has 0 saturated carbocycles. The number of hydrogen-bond donors (Lipinski definition) is 1. The minimum atomic E-state index is -2.53. The normalized spacial score (nSPS) is 12.5. The summed E-state index contributed by atoms with van der Waals surface area (Å²) < 4.78 is 30.6. The maximum absolute atomic E-state index is 9.64. The molecule has 0 bridgehead atoms. The van der Waals surface area contributed by atoms with E-state index in [1.807, 2.05) is 30.3 Å². The molecule has 0 amide bonds. The summed E-state index contributed by atoms with van der Waals surface area (Å²) >= 11 is 0. The highest BCUT2D eigenvalue weighted by molar-refractivity contribution is 5.40. The Kier molecular flexibility index (Phi) is 4.42. The Hall–Kier alpha value is -2.04. The molecular formula is C16H18O4. The molecule has 0 radical (unpaired) electrons. The van der Waals surface area contributed by atoms with E-state index in [4.69, 9.17) is 17.0 Å². The summed E-state index contributed by atoms with van der Waals surface area (Å²) in [7, 11) is 1.46. The number of rotatable bonds is 7. The first-order valence-corrected chi connectivity index (χ1v) is 6.16. The molecule has 106 valence electrons. The lowest BCUT2D eigenvalue weighted by molar-refractivity contribution is 0.0494. The van der Waals surface area contributed by atoms with Crippen molar-refractivity contribution in [1.82, 2.24) is 0 Å². The van der Waals surface area contributed by atoms with Crippen molar-refractivity contribution in [2.75, 3.05) is 13.9 Å². The summed E-state index contributed by atoms with van der Waals surface area (Å²) in [6.07, 6.45) is 0. The van der Waals surface area contributed by atoms with Crippen molar-refractivity contribution in [3.63, 3.8) is 0 Å². The Balaban J connectivity index is 2.15. The molecule has 0 saturated heterocycles. The molecule has 0 aliphatic heterocycles. The van der Waals surface area contributed by atoms with Gasteiger partial charge in [0.2, 0.25) is 0 Å². The largest absolute Gasteiger partial charge is 0.489 e. The predicted octanol–water partition coefficient (Wildman–Crippen LogP) is 2.74. The molecule has 0 aliphatic carbocycles. The first-order valence-electron chi connectivity index (χ1n) is 7.16. The van der Waals surface area contributed by atoms with Gasteiger partial charge in [-0.25, -0.2) is 0 Å². The van der Waals surface area contributed by atoms with E-state index in [9.17, 15) is 5.11 Å². The Bertz CT molecular complexity index is 597. The van der Waals surface area contributed by atoms with E-state index in [0.29, 0.717) is 12.4 Å². The summed E-state index contributed by atoms with van der Waals surface area (Å²) in [5.74, 6) is 0.656. The van der Waals surface area contributed by atoms with E-state index in [2.05, 4.69) is 0 Å². The molecule has 2 rings (SSSR count). The second-order valence-corrected chi connectivity index (χ2v) is 4.09. The summed E-state index contributed by atoms with van der Waals surface area (Å²) in [6, 6.07) is 14.2. The Morgan fingerprint density at radius 2 is 1.90 bits per heavy atom. The summed E-state index contributed by atoms with van der Waals surface area (Å²) in [6.45, 7) is -2.21. The van der Waals surface area contributed by atoms with Crippen LogP contribution >= 0.6 is 0 Å². The van der Waals surface area contributed by atoms with Gasteiger partial charge in [0.15, 0.2) is 6.79 Å². The number of benzene rings is 2. The molecule has 2 aromatic carbocycles. The minimum Gasteiger partial charge on any atom is -0.489 e. The minimum absolute atomic E-state index is 0.00453. The molecule has 0 heterocycles. The zero-order valence-electron chi connectivity index (χ0n) is 13.2. The number of ether oxygens (including phenoxy) is 3. The van der Waals surface area contributed by atoms with Crippen molar-refractivity contribution < 1.29 is 22.1 Å². The van der Waals surface area contributed by atoms with Gasteiger partial charge in [-0.15, -0.1) is 0 Å². The van der Waals surface area contributed by atoms with E-state index in [-0.39, 0.29) is 18.1 Å². The van der Waals surface area contributed by atoms with Crippen LogP contribution in [0.5, 0.6) is 11.5 Å². The van der Waals surface area contributed by atoms with Gasteiger partial charge in [-0.1, -0.05) is 30.3 Å². The van der Waals surface area contributed by atoms with Crippen LogP contribution in [-0.4, -0.2) is 19.0 Å². The molecule has 4 nitrogen and oxygen atoms in total. The zero-order valence-corrected chi connectivity index (χ0v) is 11.2. The second-order valence-electron chi connectivity index (χ2n) is 4.09. The van der Waals surface area contributed by atoms with Crippen LogP contribution in [-0.2, 0) is 17.9 Å². The molecule has 2 aromatic rings. The first kappa shape index (κ1) is 11.8. The van der Waals surface area contributed by atoms with Gasteiger partial charge in [-0.2, -0.15) is 0 Å². The number of aliphatic hydroxyl groups is 1. The molecule has 0 unspecified atom stereocenters. The van der Waals surface area contributed by atoms with Crippen LogP contribution in [0.4, 0.5) is 0 Å². The molecule has 0 fully saturated rings. The summed E-state index contributed by atoms with van der Waals surface area (Å²) in [5.41, 5.74) is 0.992. The lowest BCUT2D eigenvalue weighted by Gasteiger charge is -2.12. The first-order chi connectivity index (χ1) is 10.5. The quantitative estimate of drug-likeness (QED) is 0.790. The van der Waals surface area contributed by atoms with E-state index < -0.39 is 6.56 Å². The van der Waals surface area contributed by atoms with Gasteiger partial charge in [-0.3, -0.25) is 0 Å². The number of methoxy groups -OCH3 is 1. The van der Waals surface area contributed by atoms with Gasteiger partial charge in [0, 0.05) is 12.7 Å². The topological polar surface area (TPSA) is 47.9 Å². The number of hydrogen-bond acceptors (Lipinski definition) is 4. The van der Waals surface area contributed by atoms with Crippen LogP contribution in [0.25, 0.3) is 0 Å². The monoisotopic (exact) mass is 276 g/mol. The molecule has 0 spiro atoms.